The second kappa shape index (κ2) is 6.24. The Morgan fingerprint density at radius 3 is 2.89 bits per heavy atom. The van der Waals surface area contributed by atoms with Crippen LogP contribution in [0.15, 0.2) is 18.2 Å². The van der Waals surface area contributed by atoms with Crippen LogP contribution in [0.3, 0.4) is 0 Å². The maximum atomic E-state index is 9.16. The molecule has 0 aliphatic carbocycles. The molecule has 5 nitrogen and oxygen atoms in total. The number of hydrogen-bond acceptors (Lipinski definition) is 5. The molecule has 1 aromatic rings. The highest BCUT2D eigenvalue weighted by molar-refractivity contribution is 5.45. The first-order valence-corrected chi connectivity index (χ1v) is 5.86. The summed E-state index contributed by atoms with van der Waals surface area (Å²) in [6, 6.07) is 7.42. The zero-order chi connectivity index (χ0) is 12.8. The van der Waals surface area contributed by atoms with Crippen molar-refractivity contribution in [2.75, 3.05) is 33.5 Å². The lowest BCUT2D eigenvalue weighted by Crippen LogP contribution is -2.24. The highest BCUT2D eigenvalue weighted by Gasteiger charge is 2.16. The predicted molar refractivity (Wildman–Crippen MR) is 65.7 cm³/mol. The van der Waals surface area contributed by atoms with E-state index in [1.54, 1.807) is 7.11 Å². The molecule has 1 unspecified atom stereocenters. The number of methoxy groups -OCH3 is 1. The van der Waals surface area contributed by atoms with Crippen LogP contribution in [0.25, 0.3) is 0 Å². The molecular weight excluding hydrogens is 232 g/mol. The van der Waals surface area contributed by atoms with E-state index in [1.807, 2.05) is 18.2 Å². The van der Waals surface area contributed by atoms with Crippen molar-refractivity contribution in [2.45, 2.75) is 6.04 Å². The van der Waals surface area contributed by atoms with Gasteiger partial charge in [-0.05, 0) is 17.7 Å². The van der Waals surface area contributed by atoms with Gasteiger partial charge >= 0.3 is 0 Å². The SMILES string of the molecule is COCCNC(C#N)c1ccc2c(c1)OCCO2. The number of nitriles is 1. The molecule has 96 valence electrons. The Balaban J connectivity index is 2.09. The van der Waals surface area contributed by atoms with Gasteiger partial charge in [-0.2, -0.15) is 5.26 Å². The number of fused-ring (bicyclic) bond motifs is 1. The summed E-state index contributed by atoms with van der Waals surface area (Å²) in [7, 11) is 1.63. The third-order valence-corrected chi connectivity index (χ3v) is 2.68. The first-order valence-electron chi connectivity index (χ1n) is 5.86. The molecule has 2 rings (SSSR count). The molecule has 1 heterocycles. The lowest BCUT2D eigenvalue weighted by Gasteiger charge is -2.20. The number of hydrogen-bond donors (Lipinski definition) is 1. The average Bonchev–Trinajstić information content (AvgIpc) is 2.43. The average molecular weight is 248 g/mol. The van der Waals surface area contributed by atoms with Crippen molar-refractivity contribution in [3.63, 3.8) is 0 Å². The number of rotatable bonds is 5. The van der Waals surface area contributed by atoms with Gasteiger partial charge < -0.3 is 14.2 Å². The van der Waals surface area contributed by atoms with Gasteiger partial charge in [0.1, 0.15) is 19.3 Å². The summed E-state index contributed by atoms with van der Waals surface area (Å²) < 4.78 is 15.9. The van der Waals surface area contributed by atoms with Crippen molar-refractivity contribution in [2.24, 2.45) is 0 Å². The molecule has 1 atom stereocenters. The van der Waals surface area contributed by atoms with Gasteiger partial charge in [-0.3, -0.25) is 5.32 Å². The minimum absolute atomic E-state index is 0.365. The summed E-state index contributed by atoms with van der Waals surface area (Å²) in [5.41, 5.74) is 0.873. The minimum atomic E-state index is -0.365. The Morgan fingerprint density at radius 1 is 1.39 bits per heavy atom. The van der Waals surface area contributed by atoms with Crippen LogP contribution in [0.4, 0.5) is 0 Å². The smallest absolute Gasteiger partial charge is 0.161 e. The van der Waals surface area contributed by atoms with Crippen LogP contribution in [0, 0.1) is 11.3 Å². The fourth-order valence-corrected chi connectivity index (χ4v) is 1.78. The molecule has 0 saturated heterocycles. The van der Waals surface area contributed by atoms with Crippen molar-refractivity contribution in [1.82, 2.24) is 5.32 Å². The summed E-state index contributed by atoms with van der Waals surface area (Å²) in [5, 5.41) is 12.3. The molecule has 0 radical (unpaired) electrons. The van der Waals surface area contributed by atoms with Gasteiger partial charge in [-0.1, -0.05) is 6.07 Å². The van der Waals surface area contributed by atoms with E-state index in [0.717, 1.165) is 11.3 Å². The summed E-state index contributed by atoms with van der Waals surface area (Å²) in [4.78, 5) is 0. The van der Waals surface area contributed by atoms with Gasteiger partial charge in [0.05, 0.1) is 12.7 Å². The van der Waals surface area contributed by atoms with E-state index in [9.17, 15) is 0 Å². The number of ether oxygens (including phenoxy) is 3. The van der Waals surface area contributed by atoms with Crippen LogP contribution in [0.5, 0.6) is 11.5 Å². The molecule has 18 heavy (non-hydrogen) atoms. The zero-order valence-corrected chi connectivity index (χ0v) is 10.3. The molecule has 0 fully saturated rings. The van der Waals surface area contributed by atoms with Crippen LogP contribution in [0.2, 0.25) is 0 Å². The molecule has 0 aromatic heterocycles. The topological polar surface area (TPSA) is 63.5 Å². The Bertz CT molecular complexity index is 442. The van der Waals surface area contributed by atoms with Crippen molar-refractivity contribution in [1.29, 1.82) is 5.26 Å². The normalized spacial score (nSPS) is 14.9. The second-order valence-electron chi connectivity index (χ2n) is 3.91. The Morgan fingerprint density at radius 2 is 2.17 bits per heavy atom. The van der Waals surface area contributed by atoms with Gasteiger partial charge in [0, 0.05) is 13.7 Å². The van der Waals surface area contributed by atoms with E-state index in [1.165, 1.54) is 0 Å². The minimum Gasteiger partial charge on any atom is -0.486 e. The Labute approximate surface area is 106 Å². The molecule has 1 aromatic carbocycles. The third kappa shape index (κ3) is 2.92. The molecule has 1 N–H and O–H groups in total. The summed E-state index contributed by atoms with van der Waals surface area (Å²) in [6.07, 6.45) is 0. The fraction of sp³-hybridized carbons (Fsp3) is 0.462. The van der Waals surface area contributed by atoms with Gasteiger partial charge in [-0.15, -0.1) is 0 Å². The lowest BCUT2D eigenvalue weighted by molar-refractivity contribution is 0.171. The maximum absolute atomic E-state index is 9.16. The molecule has 1 aliphatic heterocycles. The molecular formula is C13H16N2O3. The van der Waals surface area contributed by atoms with Gasteiger partial charge in [0.15, 0.2) is 11.5 Å². The van der Waals surface area contributed by atoms with Crippen molar-refractivity contribution < 1.29 is 14.2 Å². The molecule has 0 spiro atoms. The number of nitrogens with zero attached hydrogens (tertiary/aromatic N) is 1. The molecule has 0 bridgehead atoms. The van der Waals surface area contributed by atoms with Crippen LogP contribution in [0.1, 0.15) is 11.6 Å². The maximum Gasteiger partial charge on any atom is 0.161 e. The highest BCUT2D eigenvalue weighted by Crippen LogP contribution is 2.32. The van der Waals surface area contributed by atoms with Crippen LogP contribution in [-0.2, 0) is 4.74 Å². The molecule has 0 saturated carbocycles. The van der Waals surface area contributed by atoms with Crippen molar-refractivity contribution in [3.8, 4) is 17.6 Å². The van der Waals surface area contributed by atoms with Crippen molar-refractivity contribution >= 4 is 0 Å². The van der Waals surface area contributed by atoms with Crippen molar-refractivity contribution in [3.05, 3.63) is 23.8 Å². The monoisotopic (exact) mass is 248 g/mol. The second-order valence-corrected chi connectivity index (χ2v) is 3.91. The van der Waals surface area contributed by atoms with E-state index in [-0.39, 0.29) is 6.04 Å². The quantitative estimate of drug-likeness (QED) is 0.795. The van der Waals surface area contributed by atoms with Crippen LogP contribution < -0.4 is 14.8 Å². The third-order valence-electron chi connectivity index (χ3n) is 2.68. The lowest BCUT2D eigenvalue weighted by atomic mass is 10.1. The van der Waals surface area contributed by atoms with Gasteiger partial charge in [0.25, 0.3) is 0 Å². The van der Waals surface area contributed by atoms with E-state index >= 15 is 0 Å². The summed E-state index contributed by atoms with van der Waals surface area (Å²) >= 11 is 0. The Kier molecular flexibility index (Phi) is 4.40. The zero-order valence-electron chi connectivity index (χ0n) is 10.3. The standard InChI is InChI=1S/C13H16N2O3/c1-16-5-4-15-11(9-14)10-2-3-12-13(8-10)18-7-6-17-12/h2-3,8,11,15H,4-7H2,1H3. The highest BCUT2D eigenvalue weighted by atomic mass is 16.6. The van der Waals surface area contributed by atoms with E-state index < -0.39 is 0 Å². The predicted octanol–water partition coefficient (Wildman–Crippen LogP) is 1.26. The summed E-state index contributed by atoms with van der Waals surface area (Å²) in [5.74, 6) is 1.44. The largest absolute Gasteiger partial charge is 0.486 e. The molecule has 0 amide bonds. The first-order chi connectivity index (χ1) is 8.85. The van der Waals surface area contributed by atoms with E-state index in [0.29, 0.717) is 32.1 Å². The van der Waals surface area contributed by atoms with Gasteiger partial charge in [-0.25, -0.2) is 0 Å². The Hall–Kier alpha value is -1.77. The fourth-order valence-electron chi connectivity index (χ4n) is 1.78. The number of benzene rings is 1. The van der Waals surface area contributed by atoms with Crippen LogP contribution in [-0.4, -0.2) is 33.5 Å². The summed E-state index contributed by atoms with van der Waals surface area (Å²) in [6.45, 7) is 2.32. The van der Waals surface area contributed by atoms with Crippen LogP contribution >= 0.6 is 0 Å². The first kappa shape index (κ1) is 12.7. The van der Waals surface area contributed by atoms with E-state index in [2.05, 4.69) is 11.4 Å². The van der Waals surface area contributed by atoms with Gasteiger partial charge in [0.2, 0.25) is 0 Å². The number of nitrogens with one attached hydrogen (secondary N) is 1. The molecule has 1 aliphatic rings. The van der Waals surface area contributed by atoms with E-state index in [4.69, 9.17) is 19.5 Å². The molecule has 5 heteroatoms.